The smallest absolute Gasteiger partial charge is 0.341 e. The molecule has 6 heteroatoms. The maximum atomic E-state index is 13.0. The van der Waals surface area contributed by atoms with Gasteiger partial charge >= 0.3 is 5.97 Å². The molecule has 1 N–H and O–H groups in total. The van der Waals surface area contributed by atoms with Crippen LogP contribution < -0.4 is 5.32 Å². The summed E-state index contributed by atoms with van der Waals surface area (Å²) < 4.78 is 35.7. The number of benzene rings is 1. The third-order valence-electron chi connectivity index (χ3n) is 2.89. The maximum Gasteiger partial charge on any atom is 0.341 e. The number of nitrogens with one attached hydrogen (secondary N) is 1. The van der Waals surface area contributed by atoms with Crippen LogP contribution >= 0.6 is 0 Å². The van der Waals surface area contributed by atoms with E-state index in [1.54, 1.807) is 6.07 Å². The normalized spacial score (nSPS) is 10.6. The lowest BCUT2D eigenvalue weighted by Gasteiger charge is -2.04. The zero-order valence-corrected chi connectivity index (χ0v) is 11.5. The molecule has 1 aromatic heterocycles. The molecule has 0 aliphatic rings. The van der Waals surface area contributed by atoms with Gasteiger partial charge in [0.05, 0.1) is 19.2 Å². The Labute approximate surface area is 120 Å². The van der Waals surface area contributed by atoms with Gasteiger partial charge in [-0.15, -0.1) is 0 Å². The Bertz CT molecular complexity index is 605. The Morgan fingerprint density at radius 3 is 2.62 bits per heavy atom. The van der Waals surface area contributed by atoms with Gasteiger partial charge in [0.2, 0.25) is 0 Å². The summed E-state index contributed by atoms with van der Waals surface area (Å²) >= 11 is 0. The number of esters is 1. The molecule has 0 atom stereocenters. The second kappa shape index (κ2) is 6.99. The SMILES string of the molecule is COC(=O)c1coc(CNCCc2cc(F)cc(F)c2)c1. The number of ether oxygens (including phenoxy) is 1. The molecule has 0 aliphatic heterocycles. The Kier molecular flexibility index (Phi) is 5.05. The summed E-state index contributed by atoms with van der Waals surface area (Å²) in [5.74, 6) is -1.04. The third-order valence-corrected chi connectivity index (χ3v) is 2.89. The van der Waals surface area contributed by atoms with Crippen LogP contribution in [0.4, 0.5) is 8.78 Å². The molecule has 0 unspecified atom stereocenters. The van der Waals surface area contributed by atoms with Crippen LogP contribution in [0.15, 0.2) is 34.9 Å². The average Bonchev–Trinajstić information content (AvgIpc) is 2.90. The van der Waals surface area contributed by atoms with E-state index in [1.807, 2.05) is 0 Å². The minimum atomic E-state index is -0.584. The van der Waals surface area contributed by atoms with Crippen molar-refractivity contribution < 1.29 is 22.7 Å². The number of methoxy groups -OCH3 is 1. The van der Waals surface area contributed by atoms with Crippen molar-refractivity contribution in [3.8, 4) is 0 Å². The second-order valence-corrected chi connectivity index (χ2v) is 4.50. The first-order valence-corrected chi connectivity index (χ1v) is 6.40. The highest BCUT2D eigenvalue weighted by Gasteiger charge is 2.09. The number of halogens is 2. The van der Waals surface area contributed by atoms with Crippen molar-refractivity contribution in [2.45, 2.75) is 13.0 Å². The molecule has 1 heterocycles. The maximum absolute atomic E-state index is 13.0. The molecule has 112 valence electrons. The van der Waals surface area contributed by atoms with E-state index in [9.17, 15) is 13.6 Å². The predicted molar refractivity (Wildman–Crippen MR) is 71.8 cm³/mol. The molecule has 4 nitrogen and oxygen atoms in total. The fourth-order valence-electron chi connectivity index (χ4n) is 1.90. The first kappa shape index (κ1) is 15.2. The molecular formula is C15H15F2NO3. The van der Waals surface area contributed by atoms with Gasteiger partial charge in [-0.1, -0.05) is 0 Å². The molecular weight excluding hydrogens is 280 g/mol. The van der Waals surface area contributed by atoms with Gasteiger partial charge in [0.25, 0.3) is 0 Å². The summed E-state index contributed by atoms with van der Waals surface area (Å²) in [6, 6.07) is 5.02. The van der Waals surface area contributed by atoms with E-state index in [4.69, 9.17) is 4.42 Å². The summed E-state index contributed by atoms with van der Waals surface area (Å²) in [4.78, 5) is 11.2. The third kappa shape index (κ3) is 4.39. The molecule has 1 aromatic carbocycles. The van der Waals surface area contributed by atoms with Gasteiger partial charge < -0.3 is 14.5 Å². The standard InChI is InChI=1S/C15H15F2NO3/c1-20-15(19)11-6-14(21-9-11)8-18-3-2-10-4-12(16)7-13(17)5-10/h4-7,9,18H,2-3,8H2,1H3. The molecule has 0 fully saturated rings. The van der Waals surface area contributed by atoms with Gasteiger partial charge in [0, 0.05) is 6.07 Å². The molecule has 0 spiro atoms. The van der Waals surface area contributed by atoms with Crippen LogP contribution in [0.3, 0.4) is 0 Å². The number of hydrogen-bond acceptors (Lipinski definition) is 4. The largest absolute Gasteiger partial charge is 0.467 e. The Balaban J connectivity index is 1.79. The Morgan fingerprint density at radius 1 is 1.24 bits per heavy atom. The fraction of sp³-hybridized carbons (Fsp3) is 0.267. The number of carbonyl (C=O) groups is 1. The van der Waals surface area contributed by atoms with Crippen molar-refractivity contribution >= 4 is 5.97 Å². The van der Waals surface area contributed by atoms with Crippen molar-refractivity contribution in [3.05, 3.63) is 59.1 Å². The lowest BCUT2D eigenvalue weighted by molar-refractivity contribution is 0.0600. The molecule has 2 rings (SSSR count). The fourth-order valence-corrected chi connectivity index (χ4v) is 1.90. The molecule has 0 aliphatic carbocycles. The summed E-state index contributed by atoms with van der Waals surface area (Å²) in [5.41, 5.74) is 0.927. The monoisotopic (exact) mass is 295 g/mol. The van der Waals surface area contributed by atoms with Crippen LogP contribution in [0.25, 0.3) is 0 Å². The molecule has 0 bridgehead atoms. The Hall–Kier alpha value is -2.21. The first-order valence-electron chi connectivity index (χ1n) is 6.40. The van der Waals surface area contributed by atoms with Crippen molar-refractivity contribution in [1.82, 2.24) is 5.32 Å². The van der Waals surface area contributed by atoms with Gasteiger partial charge in [0.15, 0.2) is 0 Å². The van der Waals surface area contributed by atoms with Gasteiger partial charge in [0.1, 0.15) is 23.7 Å². The minimum Gasteiger partial charge on any atom is -0.467 e. The number of hydrogen-bond donors (Lipinski definition) is 1. The summed E-state index contributed by atoms with van der Waals surface area (Å²) in [7, 11) is 1.30. The first-order chi connectivity index (χ1) is 10.1. The highest BCUT2D eigenvalue weighted by atomic mass is 19.1. The molecule has 0 radical (unpaired) electrons. The van der Waals surface area contributed by atoms with Crippen molar-refractivity contribution in [3.63, 3.8) is 0 Å². The highest BCUT2D eigenvalue weighted by Crippen LogP contribution is 2.10. The molecule has 2 aromatic rings. The van der Waals surface area contributed by atoms with Crippen LogP contribution in [0.1, 0.15) is 21.7 Å². The zero-order chi connectivity index (χ0) is 15.2. The van der Waals surface area contributed by atoms with E-state index >= 15 is 0 Å². The molecule has 21 heavy (non-hydrogen) atoms. The number of carbonyl (C=O) groups excluding carboxylic acids is 1. The van der Waals surface area contributed by atoms with E-state index in [2.05, 4.69) is 10.1 Å². The van der Waals surface area contributed by atoms with Gasteiger partial charge in [-0.3, -0.25) is 0 Å². The van der Waals surface area contributed by atoms with Crippen LogP contribution in [0.2, 0.25) is 0 Å². The van der Waals surface area contributed by atoms with Crippen LogP contribution in [0, 0.1) is 11.6 Å². The van der Waals surface area contributed by atoms with E-state index in [0.29, 0.717) is 36.4 Å². The predicted octanol–water partition coefficient (Wildman–Crippen LogP) is 2.68. The average molecular weight is 295 g/mol. The second-order valence-electron chi connectivity index (χ2n) is 4.50. The lowest BCUT2D eigenvalue weighted by atomic mass is 10.1. The van der Waals surface area contributed by atoms with Gasteiger partial charge in [-0.2, -0.15) is 0 Å². The van der Waals surface area contributed by atoms with Crippen LogP contribution in [-0.2, 0) is 17.7 Å². The molecule has 0 amide bonds. The Morgan fingerprint density at radius 2 is 1.95 bits per heavy atom. The highest BCUT2D eigenvalue weighted by molar-refractivity contribution is 5.88. The van der Waals surface area contributed by atoms with Crippen LogP contribution in [0.5, 0.6) is 0 Å². The zero-order valence-electron chi connectivity index (χ0n) is 11.5. The van der Waals surface area contributed by atoms with Gasteiger partial charge in [-0.05, 0) is 36.7 Å². The number of furan rings is 1. The quantitative estimate of drug-likeness (QED) is 0.657. The van der Waals surface area contributed by atoms with Crippen molar-refractivity contribution in [2.24, 2.45) is 0 Å². The van der Waals surface area contributed by atoms with Crippen molar-refractivity contribution in [2.75, 3.05) is 13.7 Å². The lowest BCUT2D eigenvalue weighted by Crippen LogP contribution is -2.16. The minimum absolute atomic E-state index is 0.349. The van der Waals surface area contributed by atoms with Crippen LogP contribution in [-0.4, -0.2) is 19.6 Å². The summed E-state index contributed by atoms with van der Waals surface area (Å²) in [5, 5.41) is 3.07. The van der Waals surface area contributed by atoms with E-state index in [0.717, 1.165) is 6.07 Å². The van der Waals surface area contributed by atoms with Crippen molar-refractivity contribution in [1.29, 1.82) is 0 Å². The van der Waals surface area contributed by atoms with E-state index < -0.39 is 17.6 Å². The molecule has 0 saturated carbocycles. The van der Waals surface area contributed by atoms with E-state index in [-0.39, 0.29) is 0 Å². The topological polar surface area (TPSA) is 51.5 Å². The van der Waals surface area contributed by atoms with Gasteiger partial charge in [-0.25, -0.2) is 13.6 Å². The molecule has 0 saturated heterocycles. The number of rotatable bonds is 6. The summed E-state index contributed by atoms with van der Waals surface area (Å²) in [6.07, 6.45) is 1.81. The van der Waals surface area contributed by atoms with E-state index in [1.165, 1.54) is 25.5 Å². The summed E-state index contributed by atoms with van der Waals surface area (Å²) in [6.45, 7) is 0.936.